The predicted molar refractivity (Wildman–Crippen MR) is 88.8 cm³/mol. The Hall–Kier alpha value is -2.13. The van der Waals surface area contributed by atoms with Crippen molar-refractivity contribution in [2.75, 3.05) is 0 Å². The van der Waals surface area contributed by atoms with Gasteiger partial charge in [0, 0.05) is 10.4 Å². The van der Waals surface area contributed by atoms with Crippen molar-refractivity contribution in [3.63, 3.8) is 0 Å². The highest BCUT2D eigenvalue weighted by molar-refractivity contribution is 7.15. The number of benzene rings is 2. The number of nitrogens with zero attached hydrogens (tertiary/aromatic N) is 1. The zero-order valence-corrected chi connectivity index (χ0v) is 12.9. The zero-order chi connectivity index (χ0) is 14.8. The van der Waals surface area contributed by atoms with Crippen molar-refractivity contribution in [1.29, 1.82) is 0 Å². The van der Waals surface area contributed by atoms with Crippen LogP contribution in [0.1, 0.15) is 17.4 Å². The molecule has 0 spiro atoms. The molecule has 3 aromatic rings. The number of rotatable bonds is 3. The SMILES string of the molecule is CCc1ccc(-c2nc(-c3ccccc3O)sc2C)cc1. The Morgan fingerprint density at radius 3 is 2.43 bits per heavy atom. The number of phenolic OH excluding ortho intramolecular Hbond substituents is 1. The average Bonchev–Trinajstić information content (AvgIpc) is 2.89. The Labute approximate surface area is 128 Å². The summed E-state index contributed by atoms with van der Waals surface area (Å²) in [6, 6.07) is 15.9. The Kier molecular flexibility index (Phi) is 3.76. The fourth-order valence-corrected chi connectivity index (χ4v) is 3.30. The van der Waals surface area contributed by atoms with E-state index in [2.05, 4.69) is 38.1 Å². The summed E-state index contributed by atoms with van der Waals surface area (Å²) in [5.41, 5.74) is 4.25. The smallest absolute Gasteiger partial charge is 0.128 e. The molecule has 0 aliphatic heterocycles. The van der Waals surface area contributed by atoms with Crippen LogP contribution in [0.3, 0.4) is 0 Å². The van der Waals surface area contributed by atoms with Gasteiger partial charge in [-0.15, -0.1) is 11.3 Å². The molecule has 2 aromatic carbocycles. The van der Waals surface area contributed by atoms with Crippen LogP contribution in [-0.4, -0.2) is 10.1 Å². The van der Waals surface area contributed by atoms with Gasteiger partial charge in [0.25, 0.3) is 0 Å². The lowest BCUT2D eigenvalue weighted by Crippen LogP contribution is -1.84. The van der Waals surface area contributed by atoms with E-state index in [-0.39, 0.29) is 5.75 Å². The minimum atomic E-state index is 0.277. The number of para-hydroxylation sites is 1. The van der Waals surface area contributed by atoms with E-state index in [1.807, 2.05) is 18.2 Å². The van der Waals surface area contributed by atoms with Crippen molar-refractivity contribution >= 4 is 11.3 Å². The minimum absolute atomic E-state index is 0.277. The van der Waals surface area contributed by atoms with Crippen molar-refractivity contribution < 1.29 is 5.11 Å². The summed E-state index contributed by atoms with van der Waals surface area (Å²) >= 11 is 1.62. The summed E-state index contributed by atoms with van der Waals surface area (Å²) in [7, 11) is 0. The summed E-state index contributed by atoms with van der Waals surface area (Å²) in [5, 5.41) is 10.8. The quantitative estimate of drug-likeness (QED) is 0.733. The van der Waals surface area contributed by atoms with Crippen LogP contribution in [0.4, 0.5) is 0 Å². The summed E-state index contributed by atoms with van der Waals surface area (Å²) in [6.45, 7) is 4.23. The topological polar surface area (TPSA) is 33.1 Å². The molecule has 0 saturated heterocycles. The van der Waals surface area contributed by atoms with Crippen molar-refractivity contribution in [3.05, 3.63) is 59.0 Å². The largest absolute Gasteiger partial charge is 0.507 e. The first-order chi connectivity index (χ1) is 10.2. The molecule has 106 valence electrons. The van der Waals surface area contributed by atoms with E-state index >= 15 is 0 Å². The number of phenols is 1. The molecule has 3 rings (SSSR count). The molecule has 1 aromatic heterocycles. The number of thiazole rings is 1. The molecule has 0 amide bonds. The van der Waals surface area contributed by atoms with Gasteiger partial charge in [0.1, 0.15) is 10.8 Å². The van der Waals surface area contributed by atoms with E-state index in [0.29, 0.717) is 0 Å². The molecular formula is C18H17NOS. The molecule has 0 unspecified atom stereocenters. The zero-order valence-electron chi connectivity index (χ0n) is 12.1. The minimum Gasteiger partial charge on any atom is -0.507 e. The van der Waals surface area contributed by atoms with Gasteiger partial charge in [0.2, 0.25) is 0 Å². The summed E-state index contributed by atoms with van der Waals surface area (Å²) in [6.07, 6.45) is 1.04. The van der Waals surface area contributed by atoms with Crippen molar-refractivity contribution in [3.8, 4) is 27.6 Å². The van der Waals surface area contributed by atoms with Crippen molar-refractivity contribution in [2.24, 2.45) is 0 Å². The first kappa shape index (κ1) is 13.8. The first-order valence-electron chi connectivity index (χ1n) is 7.04. The standard InChI is InChI=1S/C18H17NOS/c1-3-13-8-10-14(11-9-13)17-12(2)21-18(19-17)15-6-4-5-7-16(15)20/h4-11,20H,3H2,1-2H3. The Bertz CT molecular complexity index is 759. The van der Waals surface area contributed by atoms with E-state index in [1.165, 1.54) is 5.56 Å². The lowest BCUT2D eigenvalue weighted by Gasteiger charge is -2.01. The van der Waals surface area contributed by atoms with Crippen LogP contribution >= 0.6 is 11.3 Å². The van der Waals surface area contributed by atoms with Crippen LogP contribution in [0.15, 0.2) is 48.5 Å². The maximum atomic E-state index is 9.97. The van der Waals surface area contributed by atoms with Crippen LogP contribution in [0, 0.1) is 6.92 Å². The van der Waals surface area contributed by atoms with Gasteiger partial charge in [-0.25, -0.2) is 4.98 Å². The normalized spacial score (nSPS) is 10.8. The van der Waals surface area contributed by atoms with E-state index in [0.717, 1.165) is 33.1 Å². The average molecular weight is 295 g/mol. The second kappa shape index (κ2) is 5.70. The van der Waals surface area contributed by atoms with Gasteiger partial charge in [-0.1, -0.05) is 43.3 Å². The highest BCUT2D eigenvalue weighted by Gasteiger charge is 2.13. The van der Waals surface area contributed by atoms with E-state index < -0.39 is 0 Å². The Morgan fingerprint density at radius 1 is 1.05 bits per heavy atom. The van der Waals surface area contributed by atoms with Gasteiger partial charge in [0.15, 0.2) is 0 Å². The number of aryl methyl sites for hydroxylation is 2. The van der Waals surface area contributed by atoms with Gasteiger partial charge >= 0.3 is 0 Å². The lowest BCUT2D eigenvalue weighted by molar-refractivity contribution is 0.477. The fourth-order valence-electron chi connectivity index (χ4n) is 2.33. The molecule has 1 heterocycles. The molecule has 3 heteroatoms. The third-order valence-corrected chi connectivity index (χ3v) is 4.57. The van der Waals surface area contributed by atoms with Gasteiger partial charge in [-0.2, -0.15) is 0 Å². The van der Waals surface area contributed by atoms with Gasteiger partial charge in [0.05, 0.1) is 11.3 Å². The van der Waals surface area contributed by atoms with E-state index in [9.17, 15) is 5.11 Å². The monoisotopic (exact) mass is 295 g/mol. The second-order valence-corrected chi connectivity index (χ2v) is 6.19. The third kappa shape index (κ3) is 2.69. The van der Waals surface area contributed by atoms with Crippen molar-refractivity contribution in [1.82, 2.24) is 4.98 Å². The second-order valence-electron chi connectivity index (χ2n) is 4.99. The van der Waals surface area contributed by atoms with Gasteiger partial charge in [-0.3, -0.25) is 0 Å². The maximum Gasteiger partial charge on any atom is 0.128 e. The summed E-state index contributed by atoms with van der Waals surface area (Å²) < 4.78 is 0. The summed E-state index contributed by atoms with van der Waals surface area (Å²) in [4.78, 5) is 5.89. The highest BCUT2D eigenvalue weighted by Crippen LogP contribution is 2.36. The van der Waals surface area contributed by atoms with Gasteiger partial charge < -0.3 is 5.11 Å². The van der Waals surface area contributed by atoms with Crippen LogP contribution in [0.2, 0.25) is 0 Å². The third-order valence-electron chi connectivity index (χ3n) is 3.57. The molecule has 0 aliphatic carbocycles. The Morgan fingerprint density at radius 2 is 1.76 bits per heavy atom. The highest BCUT2D eigenvalue weighted by atomic mass is 32.1. The molecule has 1 N–H and O–H groups in total. The molecule has 21 heavy (non-hydrogen) atoms. The van der Waals surface area contributed by atoms with Crippen LogP contribution < -0.4 is 0 Å². The molecule has 0 bridgehead atoms. The number of aromatic nitrogens is 1. The number of aromatic hydroxyl groups is 1. The fraction of sp³-hybridized carbons (Fsp3) is 0.167. The lowest BCUT2D eigenvalue weighted by atomic mass is 10.1. The van der Waals surface area contributed by atoms with Crippen LogP contribution in [-0.2, 0) is 6.42 Å². The van der Waals surface area contributed by atoms with Crippen LogP contribution in [0.25, 0.3) is 21.8 Å². The predicted octanol–water partition coefficient (Wildman–Crippen LogP) is 5.05. The van der Waals surface area contributed by atoms with Crippen LogP contribution in [0.5, 0.6) is 5.75 Å². The summed E-state index contributed by atoms with van der Waals surface area (Å²) in [5.74, 6) is 0.277. The van der Waals surface area contributed by atoms with Gasteiger partial charge in [-0.05, 0) is 31.0 Å². The number of hydrogen-bond donors (Lipinski definition) is 1. The molecule has 0 radical (unpaired) electrons. The molecule has 0 aliphatic rings. The molecule has 0 saturated carbocycles. The molecular weight excluding hydrogens is 278 g/mol. The molecule has 2 nitrogen and oxygen atoms in total. The van der Waals surface area contributed by atoms with E-state index in [4.69, 9.17) is 4.98 Å². The van der Waals surface area contributed by atoms with Crippen molar-refractivity contribution in [2.45, 2.75) is 20.3 Å². The molecule has 0 atom stereocenters. The first-order valence-corrected chi connectivity index (χ1v) is 7.85. The maximum absolute atomic E-state index is 9.97. The molecule has 0 fully saturated rings. The Balaban J connectivity index is 2.03. The van der Waals surface area contributed by atoms with E-state index in [1.54, 1.807) is 17.4 Å². The number of hydrogen-bond acceptors (Lipinski definition) is 3.